The Kier molecular flexibility index (Phi) is 3.66. The van der Waals surface area contributed by atoms with Gasteiger partial charge in [0.15, 0.2) is 0 Å². The molecular weight excluding hydrogens is 250 g/mol. The summed E-state index contributed by atoms with van der Waals surface area (Å²) in [6.45, 7) is 0. The van der Waals surface area contributed by atoms with Crippen molar-refractivity contribution in [2.24, 2.45) is 5.73 Å². The Labute approximate surface area is 109 Å². The first-order valence-electron chi connectivity index (χ1n) is 5.89. The van der Waals surface area contributed by atoms with Gasteiger partial charge < -0.3 is 15.8 Å². The van der Waals surface area contributed by atoms with E-state index in [1.807, 2.05) is 0 Å². The van der Waals surface area contributed by atoms with E-state index in [2.05, 4.69) is 5.32 Å². The summed E-state index contributed by atoms with van der Waals surface area (Å²) in [7, 11) is 1.64. The van der Waals surface area contributed by atoms with E-state index < -0.39 is 10.8 Å². The molecule has 2 rings (SSSR count). The average Bonchev–Trinajstić information content (AvgIpc) is 2.32. The molecule has 0 heterocycles. The third kappa shape index (κ3) is 2.82. The standard InChI is InChI=1S/C12H15N3O4/c1-19-9-5-8(6-9)14-10-3-2-7(12(13)16)4-11(10)15(17)18/h2-4,8-9,14H,5-6H2,1H3,(H2,13,16). The van der Waals surface area contributed by atoms with Crippen molar-refractivity contribution in [1.82, 2.24) is 0 Å². The van der Waals surface area contributed by atoms with Gasteiger partial charge in [-0.25, -0.2) is 0 Å². The molecule has 1 saturated carbocycles. The Morgan fingerprint density at radius 3 is 2.74 bits per heavy atom. The number of methoxy groups -OCH3 is 1. The quantitative estimate of drug-likeness (QED) is 0.616. The van der Waals surface area contributed by atoms with Gasteiger partial charge in [0.25, 0.3) is 5.69 Å². The Hall–Kier alpha value is -2.15. The van der Waals surface area contributed by atoms with Crippen LogP contribution in [-0.2, 0) is 4.74 Å². The van der Waals surface area contributed by atoms with Crippen LogP contribution < -0.4 is 11.1 Å². The molecule has 102 valence electrons. The van der Waals surface area contributed by atoms with Gasteiger partial charge in [0.05, 0.1) is 11.0 Å². The van der Waals surface area contributed by atoms with Crippen LogP contribution >= 0.6 is 0 Å². The second kappa shape index (κ2) is 5.23. The summed E-state index contributed by atoms with van der Waals surface area (Å²) in [5.74, 6) is -0.683. The molecule has 0 radical (unpaired) electrons. The highest BCUT2D eigenvalue weighted by Crippen LogP contribution is 2.31. The van der Waals surface area contributed by atoms with Crippen molar-refractivity contribution in [2.45, 2.75) is 25.0 Å². The van der Waals surface area contributed by atoms with Crippen LogP contribution in [0, 0.1) is 10.1 Å². The largest absolute Gasteiger partial charge is 0.381 e. The first-order valence-corrected chi connectivity index (χ1v) is 5.89. The summed E-state index contributed by atoms with van der Waals surface area (Å²) in [6, 6.07) is 4.34. The number of anilines is 1. The Balaban J connectivity index is 2.16. The van der Waals surface area contributed by atoms with Gasteiger partial charge in [-0.2, -0.15) is 0 Å². The molecular formula is C12H15N3O4. The molecule has 0 saturated heterocycles. The number of benzene rings is 1. The molecule has 0 spiro atoms. The van der Waals surface area contributed by atoms with E-state index >= 15 is 0 Å². The third-order valence-electron chi connectivity index (χ3n) is 3.27. The van der Waals surface area contributed by atoms with E-state index in [4.69, 9.17) is 10.5 Å². The highest BCUT2D eigenvalue weighted by molar-refractivity contribution is 5.94. The monoisotopic (exact) mass is 265 g/mol. The number of carbonyl (C=O) groups is 1. The highest BCUT2D eigenvalue weighted by atomic mass is 16.6. The van der Waals surface area contributed by atoms with Crippen molar-refractivity contribution < 1.29 is 14.5 Å². The van der Waals surface area contributed by atoms with Crippen molar-refractivity contribution >= 4 is 17.3 Å². The van der Waals surface area contributed by atoms with E-state index in [0.29, 0.717) is 5.69 Å². The number of hydrogen-bond acceptors (Lipinski definition) is 5. The van der Waals surface area contributed by atoms with Crippen LogP contribution in [0.2, 0.25) is 0 Å². The lowest BCUT2D eigenvalue weighted by molar-refractivity contribution is -0.384. The first-order chi connectivity index (χ1) is 9.01. The number of nitrogens with one attached hydrogen (secondary N) is 1. The summed E-state index contributed by atoms with van der Waals surface area (Å²) >= 11 is 0. The van der Waals surface area contributed by atoms with Crippen LogP contribution in [-0.4, -0.2) is 30.1 Å². The lowest BCUT2D eigenvalue weighted by Gasteiger charge is -2.35. The molecule has 1 aliphatic rings. The van der Waals surface area contributed by atoms with Crippen LogP contribution in [0.1, 0.15) is 23.2 Å². The number of primary amides is 1. The Morgan fingerprint density at radius 2 is 2.21 bits per heavy atom. The van der Waals surface area contributed by atoms with E-state index in [9.17, 15) is 14.9 Å². The summed E-state index contributed by atoms with van der Waals surface area (Å²) in [5.41, 5.74) is 5.49. The van der Waals surface area contributed by atoms with Crippen molar-refractivity contribution in [2.75, 3.05) is 12.4 Å². The molecule has 1 aliphatic carbocycles. The molecule has 7 heteroatoms. The number of amides is 1. The number of nitrogens with zero attached hydrogens (tertiary/aromatic N) is 1. The third-order valence-corrected chi connectivity index (χ3v) is 3.27. The van der Waals surface area contributed by atoms with Crippen LogP contribution in [0.3, 0.4) is 0 Å². The van der Waals surface area contributed by atoms with Gasteiger partial charge >= 0.3 is 0 Å². The molecule has 1 fully saturated rings. The zero-order valence-electron chi connectivity index (χ0n) is 10.5. The maximum absolute atomic E-state index is 11.0. The molecule has 0 unspecified atom stereocenters. The topological polar surface area (TPSA) is 107 Å². The Morgan fingerprint density at radius 1 is 1.53 bits per heavy atom. The van der Waals surface area contributed by atoms with Crippen LogP contribution in [0.25, 0.3) is 0 Å². The minimum Gasteiger partial charge on any atom is -0.381 e. The van der Waals surface area contributed by atoms with Gasteiger partial charge in [0.2, 0.25) is 5.91 Å². The maximum atomic E-state index is 11.0. The average molecular weight is 265 g/mol. The lowest BCUT2D eigenvalue weighted by Crippen LogP contribution is -2.40. The predicted octanol–water partition coefficient (Wildman–Crippen LogP) is 1.28. The maximum Gasteiger partial charge on any atom is 0.293 e. The lowest BCUT2D eigenvalue weighted by atomic mass is 9.89. The highest BCUT2D eigenvalue weighted by Gasteiger charge is 2.30. The second-order valence-corrected chi connectivity index (χ2v) is 4.52. The number of nitro groups is 1. The molecule has 19 heavy (non-hydrogen) atoms. The number of nitro benzene ring substituents is 1. The fourth-order valence-corrected chi connectivity index (χ4v) is 2.05. The normalized spacial score (nSPS) is 21.5. The minimum atomic E-state index is -0.683. The van der Waals surface area contributed by atoms with Crippen molar-refractivity contribution in [3.05, 3.63) is 33.9 Å². The summed E-state index contributed by atoms with van der Waals surface area (Å²) in [6.07, 6.45) is 1.83. The molecule has 0 aliphatic heterocycles. The summed E-state index contributed by atoms with van der Waals surface area (Å²) in [4.78, 5) is 21.5. The van der Waals surface area contributed by atoms with E-state index in [-0.39, 0.29) is 23.4 Å². The summed E-state index contributed by atoms with van der Waals surface area (Å²) < 4.78 is 5.15. The molecule has 1 aromatic carbocycles. The van der Waals surface area contributed by atoms with Gasteiger partial charge in [0.1, 0.15) is 5.69 Å². The molecule has 1 aromatic rings. The fraction of sp³-hybridized carbons (Fsp3) is 0.417. The van der Waals surface area contributed by atoms with Crippen LogP contribution in [0.15, 0.2) is 18.2 Å². The number of rotatable bonds is 5. The smallest absolute Gasteiger partial charge is 0.293 e. The van der Waals surface area contributed by atoms with Gasteiger partial charge in [0, 0.05) is 24.8 Å². The molecule has 0 bridgehead atoms. The van der Waals surface area contributed by atoms with Crippen LogP contribution in [0.5, 0.6) is 0 Å². The molecule has 0 aromatic heterocycles. The predicted molar refractivity (Wildman–Crippen MR) is 69.1 cm³/mol. The number of carbonyl (C=O) groups excluding carboxylic acids is 1. The fourth-order valence-electron chi connectivity index (χ4n) is 2.05. The van der Waals surface area contributed by atoms with Crippen molar-refractivity contribution in [1.29, 1.82) is 0 Å². The molecule has 7 nitrogen and oxygen atoms in total. The minimum absolute atomic E-state index is 0.126. The van der Waals surface area contributed by atoms with Gasteiger partial charge in [-0.05, 0) is 25.0 Å². The zero-order chi connectivity index (χ0) is 14.0. The van der Waals surface area contributed by atoms with Gasteiger partial charge in [-0.3, -0.25) is 14.9 Å². The molecule has 0 atom stereocenters. The second-order valence-electron chi connectivity index (χ2n) is 4.52. The molecule has 1 amide bonds. The van der Waals surface area contributed by atoms with Crippen molar-refractivity contribution in [3.63, 3.8) is 0 Å². The Bertz CT molecular complexity index is 512. The van der Waals surface area contributed by atoms with Gasteiger partial charge in [-0.1, -0.05) is 0 Å². The van der Waals surface area contributed by atoms with E-state index in [1.165, 1.54) is 18.2 Å². The number of ether oxygens (including phenoxy) is 1. The summed E-state index contributed by atoms with van der Waals surface area (Å²) in [5, 5.41) is 14.1. The van der Waals surface area contributed by atoms with Gasteiger partial charge in [-0.15, -0.1) is 0 Å². The SMILES string of the molecule is COC1CC(Nc2ccc(C(N)=O)cc2[N+](=O)[O-])C1. The number of nitrogens with two attached hydrogens (primary N) is 1. The van der Waals surface area contributed by atoms with E-state index in [1.54, 1.807) is 7.11 Å². The van der Waals surface area contributed by atoms with Crippen molar-refractivity contribution in [3.8, 4) is 0 Å². The van der Waals surface area contributed by atoms with Crippen LogP contribution in [0.4, 0.5) is 11.4 Å². The number of hydrogen-bond donors (Lipinski definition) is 2. The zero-order valence-corrected chi connectivity index (χ0v) is 10.5. The molecule has 3 N–H and O–H groups in total. The van der Waals surface area contributed by atoms with E-state index in [0.717, 1.165) is 12.8 Å². The first kappa shape index (κ1) is 13.3.